The molecule has 0 bridgehead atoms. The minimum atomic E-state index is -1.03. The third-order valence-corrected chi connectivity index (χ3v) is 3.63. The zero-order chi connectivity index (χ0) is 17.1. The van der Waals surface area contributed by atoms with E-state index in [1.165, 1.54) is 13.0 Å². The first-order chi connectivity index (χ1) is 10.8. The zero-order valence-corrected chi connectivity index (χ0v) is 14.2. The molecule has 1 N–H and O–H groups in total. The number of amides is 1. The van der Waals surface area contributed by atoms with Crippen LogP contribution in [0.4, 0.5) is 5.69 Å². The maximum absolute atomic E-state index is 12.1. The quantitative estimate of drug-likeness (QED) is 0.842. The summed E-state index contributed by atoms with van der Waals surface area (Å²) < 4.78 is 10.0. The van der Waals surface area contributed by atoms with Gasteiger partial charge >= 0.3 is 5.97 Å². The van der Waals surface area contributed by atoms with Gasteiger partial charge in [0.25, 0.3) is 5.91 Å². The topological polar surface area (TPSA) is 81.4 Å². The molecule has 23 heavy (non-hydrogen) atoms. The number of benzene rings is 1. The summed E-state index contributed by atoms with van der Waals surface area (Å²) in [7, 11) is 0. The summed E-state index contributed by atoms with van der Waals surface area (Å²) in [5, 5.41) is 6.98. The average molecular weight is 357 g/mol. The van der Waals surface area contributed by atoms with E-state index in [2.05, 4.69) is 10.5 Å². The molecule has 2 aromatic rings. The van der Waals surface area contributed by atoms with Gasteiger partial charge in [-0.3, -0.25) is 4.79 Å². The minimum Gasteiger partial charge on any atom is -0.449 e. The molecule has 1 unspecified atom stereocenters. The number of ether oxygens (including phenoxy) is 1. The van der Waals surface area contributed by atoms with Gasteiger partial charge in [0.2, 0.25) is 0 Å². The van der Waals surface area contributed by atoms with Gasteiger partial charge in [0.15, 0.2) is 6.10 Å². The van der Waals surface area contributed by atoms with E-state index in [9.17, 15) is 9.59 Å². The Kier molecular flexibility index (Phi) is 5.28. The Balaban J connectivity index is 2.04. The highest BCUT2D eigenvalue weighted by Gasteiger charge is 2.24. The van der Waals surface area contributed by atoms with E-state index in [0.717, 1.165) is 0 Å². The minimum absolute atomic E-state index is 0.217. The molecule has 6 nitrogen and oxygen atoms in total. The Morgan fingerprint density at radius 2 is 2.00 bits per heavy atom. The van der Waals surface area contributed by atoms with Crippen molar-refractivity contribution in [3.05, 3.63) is 45.3 Å². The van der Waals surface area contributed by atoms with Gasteiger partial charge in [-0.05, 0) is 39.0 Å². The summed E-state index contributed by atoms with van der Waals surface area (Å²) in [4.78, 5) is 24.2. The van der Waals surface area contributed by atoms with Crippen molar-refractivity contribution >= 4 is 40.8 Å². The van der Waals surface area contributed by atoms with Crippen LogP contribution in [0, 0.1) is 13.8 Å². The van der Waals surface area contributed by atoms with Crippen molar-refractivity contribution in [2.75, 3.05) is 5.32 Å². The van der Waals surface area contributed by atoms with E-state index in [1.54, 1.807) is 26.0 Å². The lowest BCUT2D eigenvalue weighted by Crippen LogP contribution is -2.30. The lowest BCUT2D eigenvalue weighted by Gasteiger charge is -2.14. The van der Waals surface area contributed by atoms with E-state index >= 15 is 0 Å². The number of carbonyl (C=O) groups is 2. The number of rotatable bonds is 4. The first kappa shape index (κ1) is 17.3. The average Bonchev–Trinajstić information content (AvgIpc) is 2.81. The Labute approximate surface area is 142 Å². The second-order valence-corrected chi connectivity index (χ2v) is 5.70. The van der Waals surface area contributed by atoms with Crippen LogP contribution in [0.1, 0.15) is 28.7 Å². The van der Waals surface area contributed by atoms with Crippen LogP contribution in [0.3, 0.4) is 0 Å². The van der Waals surface area contributed by atoms with Crippen LogP contribution in [-0.2, 0) is 9.53 Å². The monoisotopic (exact) mass is 356 g/mol. The zero-order valence-electron chi connectivity index (χ0n) is 12.6. The van der Waals surface area contributed by atoms with Crippen LogP contribution >= 0.6 is 23.2 Å². The number of hydrogen-bond donors (Lipinski definition) is 1. The number of carbonyl (C=O) groups excluding carboxylic acids is 2. The highest BCUT2D eigenvalue weighted by Crippen LogP contribution is 2.25. The molecule has 0 saturated heterocycles. The van der Waals surface area contributed by atoms with Crippen molar-refractivity contribution < 1.29 is 18.8 Å². The first-order valence-electron chi connectivity index (χ1n) is 6.69. The highest BCUT2D eigenvalue weighted by molar-refractivity contribution is 6.36. The molecule has 0 saturated carbocycles. The number of aromatic nitrogens is 1. The predicted molar refractivity (Wildman–Crippen MR) is 85.9 cm³/mol. The van der Waals surface area contributed by atoms with Gasteiger partial charge in [-0.2, -0.15) is 0 Å². The van der Waals surface area contributed by atoms with Crippen molar-refractivity contribution in [2.24, 2.45) is 0 Å². The third-order valence-electron chi connectivity index (χ3n) is 3.08. The van der Waals surface area contributed by atoms with Crippen LogP contribution < -0.4 is 5.32 Å². The van der Waals surface area contributed by atoms with Crippen molar-refractivity contribution in [1.82, 2.24) is 5.16 Å². The van der Waals surface area contributed by atoms with Gasteiger partial charge in [0.1, 0.15) is 11.3 Å². The molecule has 122 valence electrons. The van der Waals surface area contributed by atoms with Gasteiger partial charge < -0.3 is 14.6 Å². The summed E-state index contributed by atoms with van der Waals surface area (Å²) >= 11 is 11.8. The fourth-order valence-electron chi connectivity index (χ4n) is 1.87. The van der Waals surface area contributed by atoms with E-state index < -0.39 is 18.0 Å². The fourth-order valence-corrected chi connectivity index (χ4v) is 2.33. The van der Waals surface area contributed by atoms with Crippen LogP contribution in [0.15, 0.2) is 22.7 Å². The maximum atomic E-state index is 12.1. The van der Waals surface area contributed by atoms with Crippen molar-refractivity contribution in [3.8, 4) is 0 Å². The molecule has 0 spiro atoms. The molecule has 1 aromatic carbocycles. The molecule has 1 aromatic heterocycles. The van der Waals surface area contributed by atoms with Crippen LogP contribution in [0.5, 0.6) is 0 Å². The van der Waals surface area contributed by atoms with Gasteiger partial charge in [0, 0.05) is 5.02 Å². The van der Waals surface area contributed by atoms with Crippen LogP contribution in [0.25, 0.3) is 0 Å². The summed E-state index contributed by atoms with van der Waals surface area (Å²) in [5.74, 6) is -0.860. The summed E-state index contributed by atoms with van der Waals surface area (Å²) in [5.41, 5.74) is 0.997. The van der Waals surface area contributed by atoms with Crippen molar-refractivity contribution in [1.29, 1.82) is 0 Å². The molecular weight excluding hydrogens is 343 g/mol. The molecule has 1 heterocycles. The first-order valence-corrected chi connectivity index (χ1v) is 7.45. The Hall–Kier alpha value is -2.05. The Morgan fingerprint density at radius 3 is 2.57 bits per heavy atom. The van der Waals surface area contributed by atoms with Crippen molar-refractivity contribution in [2.45, 2.75) is 26.9 Å². The van der Waals surface area contributed by atoms with Crippen molar-refractivity contribution in [3.63, 3.8) is 0 Å². The molecule has 0 aliphatic carbocycles. The van der Waals surface area contributed by atoms with E-state index in [-0.39, 0.29) is 10.6 Å². The van der Waals surface area contributed by atoms with E-state index in [4.69, 9.17) is 32.5 Å². The second-order valence-electron chi connectivity index (χ2n) is 4.86. The number of hydrogen-bond acceptors (Lipinski definition) is 5. The molecule has 0 aliphatic heterocycles. The number of halogens is 2. The third kappa shape index (κ3) is 4.03. The lowest BCUT2D eigenvalue weighted by molar-refractivity contribution is -0.123. The lowest BCUT2D eigenvalue weighted by atomic mass is 10.2. The molecule has 0 fully saturated rings. The predicted octanol–water partition coefficient (Wildman–Crippen LogP) is 3.78. The molecule has 2 rings (SSSR count). The standard InChI is InChI=1S/C15H14Cl2N2O4/c1-7-13(8(2)23-19-7)15(21)22-9(3)14(20)18-12-5-4-10(16)6-11(12)17/h4-6,9H,1-3H3,(H,18,20). The molecule has 8 heteroatoms. The van der Waals surface area contributed by atoms with Gasteiger partial charge in [0.05, 0.1) is 16.4 Å². The molecule has 0 radical (unpaired) electrons. The van der Waals surface area contributed by atoms with Gasteiger partial charge in [-0.25, -0.2) is 4.79 Å². The summed E-state index contributed by atoms with van der Waals surface area (Å²) in [6.07, 6.45) is -1.03. The smallest absolute Gasteiger partial charge is 0.344 e. The number of esters is 1. The normalized spacial score (nSPS) is 11.9. The summed E-state index contributed by atoms with van der Waals surface area (Å²) in [6.45, 7) is 4.66. The highest BCUT2D eigenvalue weighted by atomic mass is 35.5. The van der Waals surface area contributed by atoms with E-state index in [0.29, 0.717) is 22.2 Å². The Morgan fingerprint density at radius 1 is 1.30 bits per heavy atom. The number of anilines is 1. The number of nitrogens with one attached hydrogen (secondary N) is 1. The summed E-state index contributed by atoms with van der Waals surface area (Å²) in [6, 6.07) is 4.65. The molecule has 1 amide bonds. The van der Waals surface area contributed by atoms with E-state index in [1.807, 2.05) is 0 Å². The van der Waals surface area contributed by atoms with Crippen LogP contribution in [0.2, 0.25) is 10.0 Å². The molecule has 1 atom stereocenters. The second kappa shape index (κ2) is 7.02. The Bertz CT molecular complexity index is 738. The SMILES string of the molecule is Cc1noc(C)c1C(=O)OC(C)C(=O)Nc1ccc(Cl)cc1Cl. The van der Waals surface area contributed by atoms with Crippen LogP contribution in [-0.4, -0.2) is 23.1 Å². The largest absolute Gasteiger partial charge is 0.449 e. The number of nitrogens with zero attached hydrogens (tertiary/aromatic N) is 1. The van der Waals surface area contributed by atoms with Gasteiger partial charge in [-0.1, -0.05) is 28.4 Å². The van der Waals surface area contributed by atoms with Gasteiger partial charge in [-0.15, -0.1) is 0 Å². The fraction of sp³-hybridized carbons (Fsp3) is 0.267. The molecule has 0 aliphatic rings. The molecular formula is C15H14Cl2N2O4. The number of aryl methyl sites for hydroxylation is 2. The maximum Gasteiger partial charge on any atom is 0.344 e.